The fraction of sp³-hybridized carbons (Fsp3) is 0.429. The maximum atomic E-state index is 13.2. The van der Waals surface area contributed by atoms with Gasteiger partial charge in [-0.25, -0.2) is 0 Å². The summed E-state index contributed by atoms with van der Waals surface area (Å²) >= 11 is 0. The highest BCUT2D eigenvalue weighted by atomic mass is 16.5. The number of amides is 1. The molecule has 2 fully saturated rings. The molecule has 5 rings (SSSR count). The van der Waals surface area contributed by atoms with Crippen molar-refractivity contribution in [1.29, 1.82) is 0 Å². The molecule has 2 aliphatic heterocycles. The topological polar surface area (TPSA) is 70.8 Å². The van der Waals surface area contributed by atoms with E-state index in [-0.39, 0.29) is 5.91 Å². The number of ether oxygens (including phenoxy) is 1. The van der Waals surface area contributed by atoms with Gasteiger partial charge in [0.2, 0.25) is 5.91 Å². The van der Waals surface area contributed by atoms with Crippen LogP contribution in [0.2, 0.25) is 0 Å². The van der Waals surface area contributed by atoms with Crippen molar-refractivity contribution >= 4 is 11.6 Å². The number of nitrogens with one attached hydrogen (secondary N) is 1. The average Bonchev–Trinajstić information content (AvgIpc) is 3.37. The number of carbonyl (C=O) groups excluding carboxylic acids is 1. The number of benzene rings is 2. The van der Waals surface area contributed by atoms with Gasteiger partial charge >= 0.3 is 0 Å². The smallest absolute Gasteiger partial charge is 0.222 e. The summed E-state index contributed by atoms with van der Waals surface area (Å²) in [6.07, 6.45) is 2.43. The van der Waals surface area contributed by atoms with Gasteiger partial charge in [-0.1, -0.05) is 41.6 Å². The fourth-order valence-electron chi connectivity index (χ4n) is 5.15. The molecular formula is C28H34N4O3. The number of piperazine rings is 1. The van der Waals surface area contributed by atoms with Crippen LogP contribution in [0.15, 0.2) is 71.3 Å². The van der Waals surface area contributed by atoms with E-state index < -0.39 is 0 Å². The number of piperidine rings is 1. The van der Waals surface area contributed by atoms with Gasteiger partial charge in [0.05, 0.1) is 5.69 Å². The van der Waals surface area contributed by atoms with Gasteiger partial charge < -0.3 is 24.4 Å². The van der Waals surface area contributed by atoms with E-state index in [0.717, 1.165) is 69.3 Å². The normalized spacial score (nSPS) is 20.6. The fourth-order valence-corrected chi connectivity index (χ4v) is 5.15. The molecule has 7 heteroatoms. The van der Waals surface area contributed by atoms with Gasteiger partial charge in [-0.05, 0) is 62.0 Å². The van der Waals surface area contributed by atoms with Crippen LogP contribution in [0.1, 0.15) is 24.3 Å². The maximum Gasteiger partial charge on any atom is 0.222 e. The predicted octanol–water partition coefficient (Wildman–Crippen LogP) is 3.76. The van der Waals surface area contributed by atoms with E-state index in [4.69, 9.17) is 9.26 Å². The predicted molar refractivity (Wildman–Crippen MR) is 135 cm³/mol. The van der Waals surface area contributed by atoms with E-state index in [9.17, 15) is 4.79 Å². The van der Waals surface area contributed by atoms with E-state index in [2.05, 4.69) is 39.6 Å². The number of hydrogen-bond donors (Lipinski definition) is 1. The van der Waals surface area contributed by atoms with Gasteiger partial charge in [0.15, 0.2) is 5.76 Å². The summed E-state index contributed by atoms with van der Waals surface area (Å²) < 4.78 is 11.3. The Kier molecular flexibility index (Phi) is 7.63. The molecule has 2 atom stereocenters. The van der Waals surface area contributed by atoms with Crippen molar-refractivity contribution in [3.63, 3.8) is 0 Å². The molecule has 1 N–H and O–H groups in total. The Labute approximate surface area is 207 Å². The molecule has 1 aromatic heterocycles. The lowest BCUT2D eigenvalue weighted by atomic mass is 9.81. The minimum atomic E-state index is 0.284. The number of aromatic nitrogens is 1. The number of rotatable bonds is 8. The summed E-state index contributed by atoms with van der Waals surface area (Å²) in [6.45, 7) is 5.58. The molecule has 7 nitrogen and oxygen atoms in total. The second-order valence-electron chi connectivity index (χ2n) is 9.51. The van der Waals surface area contributed by atoms with Crippen molar-refractivity contribution < 1.29 is 14.1 Å². The highest BCUT2D eigenvalue weighted by molar-refractivity contribution is 5.77. The zero-order valence-electron chi connectivity index (χ0n) is 20.1. The Balaban J connectivity index is 1.12. The highest BCUT2D eigenvalue weighted by Crippen LogP contribution is 2.28. The van der Waals surface area contributed by atoms with Gasteiger partial charge in [-0.2, -0.15) is 0 Å². The van der Waals surface area contributed by atoms with Crippen LogP contribution >= 0.6 is 0 Å². The zero-order valence-corrected chi connectivity index (χ0v) is 20.1. The van der Waals surface area contributed by atoms with Crippen LogP contribution in [0.4, 0.5) is 5.69 Å². The lowest BCUT2D eigenvalue weighted by Crippen LogP contribution is -2.50. The van der Waals surface area contributed by atoms with Crippen LogP contribution in [0.3, 0.4) is 0 Å². The van der Waals surface area contributed by atoms with Crippen LogP contribution in [-0.4, -0.2) is 55.2 Å². The first-order valence-corrected chi connectivity index (χ1v) is 12.7. The van der Waals surface area contributed by atoms with Crippen molar-refractivity contribution in [3.8, 4) is 5.75 Å². The van der Waals surface area contributed by atoms with E-state index in [0.29, 0.717) is 24.9 Å². The Hall–Kier alpha value is -3.32. The number of para-hydroxylation sites is 2. The van der Waals surface area contributed by atoms with E-state index in [1.807, 2.05) is 47.4 Å². The first-order chi connectivity index (χ1) is 17.2. The van der Waals surface area contributed by atoms with Gasteiger partial charge in [-0.15, -0.1) is 0 Å². The molecule has 0 radical (unpaired) electrons. The molecule has 0 bridgehead atoms. The third-order valence-corrected chi connectivity index (χ3v) is 7.16. The molecule has 1 amide bonds. The highest BCUT2D eigenvalue weighted by Gasteiger charge is 2.30. The standard InChI is InChI=1S/C28H34N4O3/c33-28(32-15-13-31(14-16-32)25-7-3-1-4-8-25)18-22-11-12-29-20-23(22)17-24-19-27(35-30-24)21-34-26-9-5-2-6-10-26/h1-10,19,22-23,29H,11-18,20-21H2/t22-,23+/m1/s1. The van der Waals surface area contributed by atoms with E-state index in [1.165, 1.54) is 5.69 Å². The Morgan fingerprint density at radius 3 is 2.51 bits per heavy atom. The van der Waals surface area contributed by atoms with Crippen LogP contribution in [0.25, 0.3) is 0 Å². The Morgan fingerprint density at radius 1 is 1.00 bits per heavy atom. The molecule has 0 saturated carbocycles. The SMILES string of the molecule is O=C(C[C@H]1CCNC[C@@H]1Cc1cc(COc2ccccc2)on1)N1CCN(c2ccccc2)CC1. The molecule has 0 aliphatic carbocycles. The van der Waals surface area contributed by atoms with E-state index >= 15 is 0 Å². The minimum Gasteiger partial charge on any atom is -0.486 e. The number of hydrogen-bond acceptors (Lipinski definition) is 6. The van der Waals surface area contributed by atoms with Crippen LogP contribution < -0.4 is 15.0 Å². The molecular weight excluding hydrogens is 440 g/mol. The summed E-state index contributed by atoms with van der Waals surface area (Å²) in [5, 5.41) is 7.78. The molecule has 184 valence electrons. The van der Waals surface area contributed by atoms with Crippen LogP contribution in [-0.2, 0) is 17.8 Å². The third kappa shape index (κ3) is 6.22. The molecule has 2 aliphatic rings. The third-order valence-electron chi connectivity index (χ3n) is 7.16. The quantitative estimate of drug-likeness (QED) is 0.536. The Morgan fingerprint density at radius 2 is 1.74 bits per heavy atom. The maximum absolute atomic E-state index is 13.2. The lowest BCUT2D eigenvalue weighted by Gasteiger charge is -2.38. The minimum absolute atomic E-state index is 0.284. The molecule has 2 saturated heterocycles. The molecule has 2 aromatic carbocycles. The lowest BCUT2D eigenvalue weighted by molar-refractivity contribution is -0.133. The summed E-state index contributed by atoms with van der Waals surface area (Å²) in [4.78, 5) is 17.6. The molecule has 35 heavy (non-hydrogen) atoms. The molecule has 3 aromatic rings. The van der Waals surface area contributed by atoms with Crippen LogP contribution in [0.5, 0.6) is 5.75 Å². The van der Waals surface area contributed by atoms with Gasteiger partial charge in [-0.3, -0.25) is 4.79 Å². The molecule has 3 heterocycles. The number of anilines is 1. The second-order valence-corrected chi connectivity index (χ2v) is 9.51. The molecule has 0 spiro atoms. The van der Waals surface area contributed by atoms with Crippen molar-refractivity contribution in [2.24, 2.45) is 11.8 Å². The summed E-state index contributed by atoms with van der Waals surface area (Å²) in [5.41, 5.74) is 2.17. The van der Waals surface area contributed by atoms with Crippen molar-refractivity contribution in [2.75, 3.05) is 44.2 Å². The van der Waals surface area contributed by atoms with Gasteiger partial charge in [0, 0.05) is 44.4 Å². The summed E-state index contributed by atoms with van der Waals surface area (Å²) in [5.74, 6) is 2.54. The van der Waals surface area contributed by atoms with Crippen molar-refractivity contribution in [2.45, 2.75) is 25.9 Å². The van der Waals surface area contributed by atoms with E-state index in [1.54, 1.807) is 0 Å². The number of nitrogens with zero attached hydrogens (tertiary/aromatic N) is 3. The largest absolute Gasteiger partial charge is 0.486 e. The first kappa shape index (κ1) is 23.4. The van der Waals surface area contributed by atoms with Crippen molar-refractivity contribution in [1.82, 2.24) is 15.4 Å². The Bertz CT molecular complexity index is 1060. The first-order valence-electron chi connectivity index (χ1n) is 12.7. The average molecular weight is 475 g/mol. The van der Waals surface area contributed by atoms with Gasteiger partial charge in [0.25, 0.3) is 0 Å². The second kappa shape index (κ2) is 11.4. The van der Waals surface area contributed by atoms with Gasteiger partial charge in [0.1, 0.15) is 12.4 Å². The summed E-state index contributed by atoms with van der Waals surface area (Å²) in [6, 6.07) is 22.1. The zero-order chi connectivity index (χ0) is 23.9. The monoisotopic (exact) mass is 474 g/mol. The number of carbonyl (C=O) groups is 1. The molecule has 0 unspecified atom stereocenters. The summed E-state index contributed by atoms with van der Waals surface area (Å²) in [7, 11) is 0. The van der Waals surface area contributed by atoms with Crippen LogP contribution in [0, 0.1) is 11.8 Å². The van der Waals surface area contributed by atoms with Crippen molar-refractivity contribution in [3.05, 3.63) is 78.2 Å².